The first-order valence-electron chi connectivity index (χ1n) is 6.13. The molecule has 1 fully saturated rings. The molecule has 1 saturated heterocycles. The lowest BCUT2D eigenvalue weighted by atomic mass is 10.2. The highest BCUT2D eigenvalue weighted by Gasteiger charge is 2.18. The number of nitrogens with zero attached hydrogens (tertiary/aromatic N) is 2. The van der Waals surface area contributed by atoms with Gasteiger partial charge in [-0.3, -0.25) is 9.78 Å². The third-order valence-electron chi connectivity index (χ3n) is 3.14. The molecule has 1 amide bonds. The molecule has 2 rings (SSSR count). The van der Waals surface area contributed by atoms with E-state index in [1.807, 2.05) is 25.2 Å². The van der Waals surface area contributed by atoms with Crippen molar-refractivity contribution in [2.24, 2.45) is 0 Å². The van der Waals surface area contributed by atoms with Crippen LogP contribution in [0.1, 0.15) is 18.5 Å². The highest BCUT2D eigenvalue weighted by Crippen LogP contribution is 2.07. The number of carbonyl (C=O) groups excluding carboxylic acids is 1. The van der Waals surface area contributed by atoms with Gasteiger partial charge >= 0.3 is 0 Å². The monoisotopic (exact) mass is 233 g/mol. The second-order valence-corrected chi connectivity index (χ2v) is 4.57. The second kappa shape index (κ2) is 5.77. The van der Waals surface area contributed by atoms with Crippen molar-refractivity contribution >= 4 is 5.91 Å². The zero-order valence-corrected chi connectivity index (χ0v) is 10.2. The zero-order chi connectivity index (χ0) is 12.1. The average molecular weight is 233 g/mol. The fourth-order valence-corrected chi connectivity index (χ4v) is 2.14. The van der Waals surface area contributed by atoms with Gasteiger partial charge in [0.25, 0.3) is 0 Å². The number of pyridine rings is 1. The SMILES string of the molecule is CN(CC1CCCN1)C(=O)Cc1ccccn1. The van der Waals surface area contributed by atoms with Crippen molar-refractivity contribution in [3.8, 4) is 0 Å². The van der Waals surface area contributed by atoms with E-state index in [1.165, 1.54) is 12.8 Å². The van der Waals surface area contributed by atoms with Crippen molar-refractivity contribution in [1.29, 1.82) is 0 Å². The van der Waals surface area contributed by atoms with Crippen molar-refractivity contribution in [2.45, 2.75) is 25.3 Å². The van der Waals surface area contributed by atoms with Gasteiger partial charge in [0.05, 0.1) is 6.42 Å². The lowest BCUT2D eigenvalue weighted by Gasteiger charge is -2.21. The van der Waals surface area contributed by atoms with Crippen LogP contribution in [0.15, 0.2) is 24.4 Å². The van der Waals surface area contributed by atoms with Gasteiger partial charge in [0, 0.05) is 31.5 Å². The number of hydrogen-bond acceptors (Lipinski definition) is 3. The lowest BCUT2D eigenvalue weighted by Crippen LogP contribution is -2.39. The Morgan fingerprint density at radius 1 is 1.59 bits per heavy atom. The van der Waals surface area contributed by atoms with Crippen molar-refractivity contribution in [2.75, 3.05) is 20.1 Å². The maximum absolute atomic E-state index is 12.0. The van der Waals surface area contributed by atoms with Crippen LogP contribution in [0.4, 0.5) is 0 Å². The van der Waals surface area contributed by atoms with Crippen molar-refractivity contribution < 1.29 is 4.79 Å². The van der Waals surface area contributed by atoms with Crippen LogP contribution in [0.25, 0.3) is 0 Å². The smallest absolute Gasteiger partial charge is 0.228 e. The molecule has 0 aliphatic carbocycles. The first-order chi connectivity index (χ1) is 8.25. The quantitative estimate of drug-likeness (QED) is 0.838. The van der Waals surface area contributed by atoms with Gasteiger partial charge < -0.3 is 10.2 Å². The number of hydrogen-bond donors (Lipinski definition) is 1. The van der Waals surface area contributed by atoms with Gasteiger partial charge in [-0.05, 0) is 31.5 Å². The van der Waals surface area contributed by atoms with E-state index in [0.717, 1.165) is 18.8 Å². The minimum absolute atomic E-state index is 0.136. The third-order valence-corrected chi connectivity index (χ3v) is 3.14. The van der Waals surface area contributed by atoms with Gasteiger partial charge in [0.15, 0.2) is 0 Å². The summed E-state index contributed by atoms with van der Waals surface area (Å²) in [7, 11) is 1.87. The van der Waals surface area contributed by atoms with Gasteiger partial charge in [-0.1, -0.05) is 6.07 Å². The van der Waals surface area contributed by atoms with E-state index in [-0.39, 0.29) is 5.91 Å². The summed E-state index contributed by atoms with van der Waals surface area (Å²) in [4.78, 5) is 17.9. The largest absolute Gasteiger partial charge is 0.344 e. The van der Waals surface area contributed by atoms with E-state index >= 15 is 0 Å². The molecule has 0 spiro atoms. The fraction of sp³-hybridized carbons (Fsp3) is 0.538. The molecular formula is C13H19N3O. The molecule has 0 bridgehead atoms. The van der Waals surface area contributed by atoms with Crippen LogP contribution < -0.4 is 5.32 Å². The summed E-state index contributed by atoms with van der Waals surface area (Å²) in [6.07, 6.45) is 4.50. The van der Waals surface area contributed by atoms with E-state index < -0.39 is 0 Å². The first-order valence-corrected chi connectivity index (χ1v) is 6.13. The Labute approximate surface area is 102 Å². The van der Waals surface area contributed by atoms with Crippen LogP contribution in [-0.2, 0) is 11.2 Å². The normalized spacial score (nSPS) is 19.2. The molecule has 1 aromatic rings. The van der Waals surface area contributed by atoms with E-state index in [0.29, 0.717) is 12.5 Å². The van der Waals surface area contributed by atoms with Gasteiger partial charge in [-0.25, -0.2) is 0 Å². The number of nitrogens with one attached hydrogen (secondary N) is 1. The van der Waals surface area contributed by atoms with Gasteiger partial charge in [0.1, 0.15) is 0 Å². The second-order valence-electron chi connectivity index (χ2n) is 4.57. The van der Waals surface area contributed by atoms with Crippen LogP contribution in [0, 0.1) is 0 Å². The maximum Gasteiger partial charge on any atom is 0.228 e. The molecule has 17 heavy (non-hydrogen) atoms. The summed E-state index contributed by atoms with van der Waals surface area (Å²) in [6, 6.07) is 6.13. The highest BCUT2D eigenvalue weighted by molar-refractivity contribution is 5.78. The standard InChI is InChI=1S/C13H19N3O/c1-16(10-12-6-4-8-15-12)13(17)9-11-5-2-3-7-14-11/h2-3,5,7,12,15H,4,6,8-10H2,1H3. The Morgan fingerprint density at radius 3 is 3.12 bits per heavy atom. The number of aromatic nitrogens is 1. The van der Waals surface area contributed by atoms with Crippen LogP contribution in [0.5, 0.6) is 0 Å². The van der Waals surface area contributed by atoms with E-state index in [1.54, 1.807) is 11.1 Å². The number of carbonyl (C=O) groups is 1. The molecule has 1 aromatic heterocycles. The molecule has 1 N–H and O–H groups in total. The summed E-state index contributed by atoms with van der Waals surface area (Å²) in [5, 5.41) is 3.40. The molecule has 1 aliphatic heterocycles. The van der Waals surface area contributed by atoms with Gasteiger partial charge in [-0.2, -0.15) is 0 Å². The summed E-state index contributed by atoms with van der Waals surface area (Å²) >= 11 is 0. The minimum atomic E-state index is 0.136. The molecule has 4 heteroatoms. The van der Waals surface area contributed by atoms with Gasteiger partial charge in [0.2, 0.25) is 5.91 Å². The zero-order valence-electron chi connectivity index (χ0n) is 10.2. The van der Waals surface area contributed by atoms with Crippen LogP contribution >= 0.6 is 0 Å². The predicted octanol–water partition coefficient (Wildman–Crippen LogP) is 0.834. The molecule has 0 radical (unpaired) electrons. The molecule has 92 valence electrons. The highest BCUT2D eigenvalue weighted by atomic mass is 16.2. The Morgan fingerprint density at radius 2 is 2.47 bits per heavy atom. The van der Waals surface area contributed by atoms with E-state index in [4.69, 9.17) is 0 Å². The summed E-state index contributed by atoms with van der Waals surface area (Å²) in [5.74, 6) is 0.136. The number of rotatable bonds is 4. The Kier molecular flexibility index (Phi) is 4.09. The number of amides is 1. The lowest BCUT2D eigenvalue weighted by molar-refractivity contribution is -0.129. The number of likely N-dealkylation sites (N-methyl/N-ethyl adjacent to an activating group) is 1. The Hall–Kier alpha value is -1.42. The van der Waals surface area contributed by atoms with Crippen LogP contribution in [0.3, 0.4) is 0 Å². The molecule has 4 nitrogen and oxygen atoms in total. The van der Waals surface area contributed by atoms with Crippen molar-refractivity contribution in [3.05, 3.63) is 30.1 Å². The van der Waals surface area contributed by atoms with Crippen LogP contribution in [0.2, 0.25) is 0 Å². The van der Waals surface area contributed by atoms with Crippen LogP contribution in [-0.4, -0.2) is 42.0 Å². The fourth-order valence-electron chi connectivity index (χ4n) is 2.14. The summed E-state index contributed by atoms with van der Waals surface area (Å²) in [5.41, 5.74) is 0.837. The summed E-state index contributed by atoms with van der Waals surface area (Å²) < 4.78 is 0. The molecule has 1 atom stereocenters. The van der Waals surface area contributed by atoms with Crippen molar-refractivity contribution in [1.82, 2.24) is 15.2 Å². The maximum atomic E-state index is 12.0. The van der Waals surface area contributed by atoms with Gasteiger partial charge in [-0.15, -0.1) is 0 Å². The molecule has 0 saturated carbocycles. The van der Waals surface area contributed by atoms with Crippen molar-refractivity contribution in [3.63, 3.8) is 0 Å². The molecular weight excluding hydrogens is 214 g/mol. The Bertz CT molecular complexity index is 360. The predicted molar refractivity (Wildman–Crippen MR) is 66.6 cm³/mol. The molecule has 1 unspecified atom stereocenters. The molecule has 2 heterocycles. The topological polar surface area (TPSA) is 45.2 Å². The molecule has 1 aliphatic rings. The van der Waals surface area contributed by atoms with E-state index in [9.17, 15) is 4.79 Å². The first kappa shape index (κ1) is 12.0. The third kappa shape index (κ3) is 3.53. The van der Waals surface area contributed by atoms with E-state index in [2.05, 4.69) is 10.3 Å². The average Bonchev–Trinajstić information content (AvgIpc) is 2.83. The Balaban J connectivity index is 1.82. The minimum Gasteiger partial charge on any atom is -0.344 e. The summed E-state index contributed by atoms with van der Waals surface area (Å²) in [6.45, 7) is 1.87. The molecule has 0 aromatic carbocycles.